The van der Waals surface area contributed by atoms with Crippen LogP contribution in [0.4, 0.5) is 10.8 Å². The Hall–Kier alpha value is -1.19. The van der Waals surface area contributed by atoms with Crippen LogP contribution in [-0.4, -0.2) is 17.8 Å². The van der Waals surface area contributed by atoms with Gasteiger partial charge >= 0.3 is 0 Å². The lowest BCUT2D eigenvalue weighted by Gasteiger charge is -2.10. The van der Waals surface area contributed by atoms with Gasteiger partial charge in [0.15, 0.2) is 0 Å². The van der Waals surface area contributed by atoms with Gasteiger partial charge in [0.1, 0.15) is 5.82 Å². The standard InChI is InChI=1S/C10H11BrN4O2S2/c1-5-8(12)3-7(11)4-9(5)19(16,17)15-10-13-6(2)14-18-10/h3-4H,12H2,1-2H3,(H,13,14,15). The van der Waals surface area contributed by atoms with Crippen LogP contribution in [-0.2, 0) is 10.0 Å². The first-order valence-electron chi connectivity index (χ1n) is 5.18. The SMILES string of the molecule is Cc1nsc(NS(=O)(=O)c2cc(Br)cc(N)c2C)n1. The van der Waals surface area contributed by atoms with Crippen LogP contribution in [0.25, 0.3) is 0 Å². The molecule has 0 atom stereocenters. The number of nitrogens with two attached hydrogens (primary N) is 1. The van der Waals surface area contributed by atoms with Crippen molar-refractivity contribution in [2.24, 2.45) is 0 Å². The van der Waals surface area contributed by atoms with Gasteiger partial charge < -0.3 is 5.73 Å². The number of nitrogens with zero attached hydrogens (tertiary/aromatic N) is 2. The second-order valence-corrected chi connectivity index (χ2v) is 7.19. The quantitative estimate of drug-likeness (QED) is 0.816. The molecule has 0 aliphatic rings. The maximum Gasteiger partial charge on any atom is 0.264 e. The summed E-state index contributed by atoms with van der Waals surface area (Å²) in [4.78, 5) is 4.09. The van der Waals surface area contributed by atoms with E-state index in [2.05, 4.69) is 30.0 Å². The number of nitrogens with one attached hydrogen (secondary N) is 1. The summed E-state index contributed by atoms with van der Waals surface area (Å²) < 4.78 is 31.5. The van der Waals surface area contributed by atoms with Crippen LogP contribution in [0.5, 0.6) is 0 Å². The van der Waals surface area contributed by atoms with Crippen LogP contribution in [0.2, 0.25) is 0 Å². The van der Waals surface area contributed by atoms with Gasteiger partial charge in [-0.05, 0) is 31.5 Å². The first kappa shape index (κ1) is 14.2. The minimum Gasteiger partial charge on any atom is -0.398 e. The first-order chi connectivity index (χ1) is 8.79. The summed E-state index contributed by atoms with van der Waals surface area (Å²) in [6.45, 7) is 3.35. The van der Waals surface area contributed by atoms with Crippen molar-refractivity contribution in [3.05, 3.63) is 28.0 Å². The Morgan fingerprint density at radius 3 is 2.63 bits per heavy atom. The number of aromatic nitrogens is 2. The van der Waals surface area contributed by atoms with Crippen LogP contribution in [0.1, 0.15) is 11.4 Å². The lowest BCUT2D eigenvalue weighted by atomic mass is 10.2. The van der Waals surface area contributed by atoms with Gasteiger partial charge in [0.05, 0.1) is 4.90 Å². The lowest BCUT2D eigenvalue weighted by Crippen LogP contribution is -2.15. The highest BCUT2D eigenvalue weighted by atomic mass is 79.9. The molecule has 0 fully saturated rings. The van der Waals surface area contributed by atoms with E-state index < -0.39 is 10.0 Å². The zero-order valence-electron chi connectivity index (χ0n) is 10.1. The Balaban J connectivity index is 2.45. The maximum absolute atomic E-state index is 12.3. The number of halogens is 1. The molecule has 0 radical (unpaired) electrons. The summed E-state index contributed by atoms with van der Waals surface area (Å²) in [6, 6.07) is 3.16. The summed E-state index contributed by atoms with van der Waals surface area (Å²) in [7, 11) is -3.73. The highest BCUT2D eigenvalue weighted by Gasteiger charge is 2.20. The lowest BCUT2D eigenvalue weighted by molar-refractivity contribution is 0.600. The third-order valence-corrected chi connectivity index (χ3v) is 5.18. The summed E-state index contributed by atoms with van der Waals surface area (Å²) in [5.41, 5.74) is 6.67. The molecule has 0 aliphatic heterocycles. The predicted molar refractivity (Wildman–Crippen MR) is 78.7 cm³/mol. The van der Waals surface area contributed by atoms with E-state index in [1.165, 1.54) is 6.07 Å². The van der Waals surface area contributed by atoms with Crippen LogP contribution in [0, 0.1) is 13.8 Å². The average molecular weight is 363 g/mol. The molecule has 1 aromatic carbocycles. The minimum atomic E-state index is -3.73. The van der Waals surface area contributed by atoms with Crippen LogP contribution < -0.4 is 10.5 Å². The number of sulfonamides is 1. The fourth-order valence-corrected chi connectivity index (χ4v) is 4.19. The zero-order chi connectivity index (χ0) is 14.2. The second-order valence-electron chi connectivity index (χ2n) is 3.87. The molecule has 1 aromatic heterocycles. The molecule has 0 bridgehead atoms. The fourth-order valence-electron chi connectivity index (χ4n) is 1.46. The van der Waals surface area contributed by atoms with Gasteiger partial charge in [0.25, 0.3) is 10.0 Å². The van der Waals surface area contributed by atoms with E-state index in [0.29, 0.717) is 21.5 Å². The Morgan fingerprint density at radius 1 is 1.37 bits per heavy atom. The Kier molecular flexibility index (Phi) is 3.79. The summed E-state index contributed by atoms with van der Waals surface area (Å²) in [5, 5.41) is 0.232. The topological polar surface area (TPSA) is 98.0 Å². The van der Waals surface area contributed by atoms with Gasteiger partial charge in [-0.3, -0.25) is 4.72 Å². The number of anilines is 2. The van der Waals surface area contributed by atoms with Crippen molar-refractivity contribution in [3.63, 3.8) is 0 Å². The highest BCUT2D eigenvalue weighted by Crippen LogP contribution is 2.28. The number of nitrogen functional groups attached to an aromatic ring is 1. The molecule has 19 heavy (non-hydrogen) atoms. The van der Waals surface area contributed by atoms with E-state index in [0.717, 1.165) is 11.5 Å². The molecule has 2 rings (SSSR count). The molecular formula is C10H11BrN4O2S2. The Bertz CT molecular complexity index is 727. The van der Waals surface area contributed by atoms with Crippen molar-refractivity contribution in [2.45, 2.75) is 18.7 Å². The van der Waals surface area contributed by atoms with Gasteiger partial charge in [0, 0.05) is 21.7 Å². The molecule has 9 heteroatoms. The van der Waals surface area contributed by atoms with Gasteiger partial charge in [-0.25, -0.2) is 13.4 Å². The van der Waals surface area contributed by atoms with E-state index >= 15 is 0 Å². The van der Waals surface area contributed by atoms with Gasteiger partial charge in [-0.2, -0.15) is 4.37 Å². The number of benzene rings is 1. The van der Waals surface area contributed by atoms with Crippen molar-refractivity contribution >= 4 is 48.3 Å². The molecule has 6 nitrogen and oxygen atoms in total. The van der Waals surface area contributed by atoms with E-state index in [1.807, 2.05) is 0 Å². The molecule has 0 saturated carbocycles. The van der Waals surface area contributed by atoms with E-state index in [4.69, 9.17) is 5.73 Å². The van der Waals surface area contributed by atoms with Crippen LogP contribution >= 0.6 is 27.5 Å². The zero-order valence-corrected chi connectivity index (χ0v) is 13.4. The Labute approximate surface area is 123 Å². The van der Waals surface area contributed by atoms with Crippen molar-refractivity contribution in [2.75, 3.05) is 10.5 Å². The molecule has 1 heterocycles. The van der Waals surface area contributed by atoms with Crippen molar-refractivity contribution in [3.8, 4) is 0 Å². The van der Waals surface area contributed by atoms with Crippen molar-refractivity contribution in [1.29, 1.82) is 0 Å². The largest absolute Gasteiger partial charge is 0.398 e. The average Bonchev–Trinajstić information content (AvgIpc) is 2.68. The second kappa shape index (κ2) is 5.06. The van der Waals surface area contributed by atoms with Gasteiger partial charge in [-0.15, -0.1) is 0 Å². The van der Waals surface area contributed by atoms with Crippen molar-refractivity contribution < 1.29 is 8.42 Å². The summed E-state index contributed by atoms with van der Waals surface area (Å²) in [5.74, 6) is 0.521. The third-order valence-electron chi connectivity index (χ3n) is 2.40. The third kappa shape index (κ3) is 3.04. The molecule has 102 valence electrons. The molecule has 0 aliphatic carbocycles. The minimum absolute atomic E-state index is 0.118. The molecule has 2 aromatic rings. The molecule has 0 amide bonds. The normalized spacial score (nSPS) is 11.5. The van der Waals surface area contributed by atoms with Crippen LogP contribution in [0.15, 0.2) is 21.5 Å². The summed E-state index contributed by atoms with van der Waals surface area (Å²) in [6.07, 6.45) is 0. The van der Waals surface area contributed by atoms with Gasteiger partial charge in [-0.1, -0.05) is 15.9 Å². The number of aryl methyl sites for hydroxylation is 1. The summed E-state index contributed by atoms with van der Waals surface area (Å²) >= 11 is 4.22. The molecule has 3 N–H and O–H groups in total. The van der Waals surface area contributed by atoms with Crippen LogP contribution in [0.3, 0.4) is 0 Å². The maximum atomic E-state index is 12.3. The van der Waals surface area contributed by atoms with E-state index in [9.17, 15) is 8.42 Å². The molecule has 0 saturated heterocycles. The number of hydrogen-bond acceptors (Lipinski definition) is 6. The number of hydrogen-bond donors (Lipinski definition) is 2. The van der Waals surface area contributed by atoms with E-state index in [1.54, 1.807) is 19.9 Å². The Morgan fingerprint density at radius 2 is 2.05 bits per heavy atom. The van der Waals surface area contributed by atoms with E-state index in [-0.39, 0.29) is 10.0 Å². The monoisotopic (exact) mass is 362 g/mol. The molecule has 0 spiro atoms. The first-order valence-corrected chi connectivity index (χ1v) is 8.23. The van der Waals surface area contributed by atoms with Crippen molar-refractivity contribution in [1.82, 2.24) is 9.36 Å². The molecular weight excluding hydrogens is 352 g/mol. The predicted octanol–water partition coefficient (Wildman–Crippen LogP) is 2.30. The molecule has 0 unspecified atom stereocenters. The number of rotatable bonds is 3. The smallest absolute Gasteiger partial charge is 0.264 e. The van der Waals surface area contributed by atoms with Gasteiger partial charge in [0.2, 0.25) is 5.13 Å². The fraction of sp³-hybridized carbons (Fsp3) is 0.200. The highest BCUT2D eigenvalue weighted by molar-refractivity contribution is 9.10.